The van der Waals surface area contributed by atoms with Gasteiger partial charge < -0.3 is 19.5 Å². The molecule has 32 heavy (non-hydrogen) atoms. The third-order valence-corrected chi connectivity index (χ3v) is 5.26. The van der Waals surface area contributed by atoms with Crippen LogP contribution in [0, 0.1) is 0 Å². The molecular formula is C21H24F3N3O5. The van der Waals surface area contributed by atoms with Gasteiger partial charge >= 0.3 is 12.1 Å². The van der Waals surface area contributed by atoms with Gasteiger partial charge in [-0.25, -0.2) is 4.68 Å². The average molecular weight is 455 g/mol. The minimum Gasteiger partial charge on any atom is -0.497 e. The van der Waals surface area contributed by atoms with E-state index in [0.29, 0.717) is 30.7 Å². The molecule has 1 fully saturated rings. The summed E-state index contributed by atoms with van der Waals surface area (Å²) in [5.74, 6) is -0.427. The number of methoxy groups -OCH3 is 1. The van der Waals surface area contributed by atoms with Gasteiger partial charge in [-0.1, -0.05) is 12.1 Å². The summed E-state index contributed by atoms with van der Waals surface area (Å²) >= 11 is 0. The summed E-state index contributed by atoms with van der Waals surface area (Å²) < 4.78 is 53.0. The van der Waals surface area contributed by atoms with Crippen molar-refractivity contribution in [1.82, 2.24) is 9.78 Å². The van der Waals surface area contributed by atoms with E-state index in [9.17, 15) is 22.8 Å². The molecule has 1 aromatic heterocycles. The lowest BCUT2D eigenvalue weighted by atomic mass is 10.1. The molecule has 2 heterocycles. The molecule has 11 heteroatoms. The highest BCUT2D eigenvalue weighted by molar-refractivity contribution is 5.66. The van der Waals surface area contributed by atoms with Gasteiger partial charge in [0.1, 0.15) is 11.3 Å². The van der Waals surface area contributed by atoms with Crippen molar-refractivity contribution in [2.75, 3.05) is 31.8 Å². The molecule has 0 aliphatic carbocycles. The summed E-state index contributed by atoms with van der Waals surface area (Å²) in [6.45, 7) is 0.237. The summed E-state index contributed by atoms with van der Waals surface area (Å²) in [5.41, 5.74) is -2.16. The summed E-state index contributed by atoms with van der Waals surface area (Å²) in [5, 5.41) is 12.7. The maximum Gasteiger partial charge on any atom is 0.423 e. The van der Waals surface area contributed by atoms with E-state index in [2.05, 4.69) is 5.10 Å². The highest BCUT2D eigenvalue weighted by Gasteiger charge is 2.41. The molecule has 174 valence electrons. The van der Waals surface area contributed by atoms with E-state index in [0.717, 1.165) is 10.9 Å². The second kappa shape index (κ2) is 10.0. The van der Waals surface area contributed by atoms with Crippen molar-refractivity contribution in [3.8, 4) is 5.75 Å². The molecule has 0 bridgehead atoms. The van der Waals surface area contributed by atoms with Crippen molar-refractivity contribution < 1.29 is 32.5 Å². The molecule has 8 nitrogen and oxygen atoms in total. The monoisotopic (exact) mass is 455 g/mol. The van der Waals surface area contributed by atoms with Crippen LogP contribution in [0.4, 0.5) is 18.9 Å². The van der Waals surface area contributed by atoms with Crippen LogP contribution in [0.3, 0.4) is 0 Å². The third kappa shape index (κ3) is 5.58. The average Bonchev–Trinajstić information content (AvgIpc) is 3.20. The fourth-order valence-electron chi connectivity index (χ4n) is 3.69. The molecule has 1 aliphatic rings. The minimum absolute atomic E-state index is 0.0342. The predicted octanol–water partition coefficient (Wildman–Crippen LogP) is 2.78. The van der Waals surface area contributed by atoms with E-state index in [1.54, 1.807) is 24.3 Å². The molecule has 1 N–H and O–H groups in total. The Morgan fingerprint density at radius 2 is 2.00 bits per heavy atom. The Morgan fingerprint density at radius 1 is 1.28 bits per heavy atom. The van der Waals surface area contributed by atoms with Gasteiger partial charge in [-0.2, -0.15) is 18.3 Å². The van der Waals surface area contributed by atoms with Gasteiger partial charge in [-0.15, -0.1) is 0 Å². The Kier molecular flexibility index (Phi) is 7.39. The second-order valence-corrected chi connectivity index (χ2v) is 7.42. The number of carboxylic acids is 1. The molecule has 1 unspecified atom stereocenters. The summed E-state index contributed by atoms with van der Waals surface area (Å²) in [6, 6.07) is 6.21. The molecule has 0 radical (unpaired) electrons. The summed E-state index contributed by atoms with van der Waals surface area (Å²) in [4.78, 5) is 24.9. The number of benzene rings is 1. The maximum absolute atomic E-state index is 13.9. The van der Waals surface area contributed by atoms with Crippen molar-refractivity contribution in [3.63, 3.8) is 0 Å². The Balaban J connectivity index is 1.86. The van der Waals surface area contributed by atoms with Crippen LogP contribution in [-0.2, 0) is 22.3 Å². The van der Waals surface area contributed by atoms with Crippen molar-refractivity contribution in [1.29, 1.82) is 0 Å². The van der Waals surface area contributed by atoms with Crippen LogP contribution in [0.15, 0.2) is 35.3 Å². The first-order chi connectivity index (χ1) is 15.2. The largest absolute Gasteiger partial charge is 0.497 e. The van der Waals surface area contributed by atoms with Crippen LogP contribution in [0.5, 0.6) is 5.75 Å². The molecule has 1 aromatic carbocycles. The standard InChI is InChI=1S/C21H24F3N3O5/c1-31-16-6-4-14(5-7-16)12-27-20(30)19(21(22,23)24)17(11-25-27)26-9-2-3-15(26)13-32-10-8-18(28)29/h4-7,11,15H,2-3,8-10,12-13H2,1H3,(H,28,29). The minimum atomic E-state index is -4.87. The van der Waals surface area contributed by atoms with Gasteiger partial charge in [0, 0.05) is 6.54 Å². The highest BCUT2D eigenvalue weighted by atomic mass is 19.4. The Labute approximate surface area is 182 Å². The maximum atomic E-state index is 13.9. The van der Waals surface area contributed by atoms with Crippen molar-refractivity contribution in [2.45, 2.75) is 38.0 Å². The smallest absolute Gasteiger partial charge is 0.423 e. The van der Waals surface area contributed by atoms with Gasteiger partial charge in [-0.05, 0) is 30.5 Å². The lowest BCUT2D eigenvalue weighted by Gasteiger charge is -2.28. The van der Waals surface area contributed by atoms with E-state index in [-0.39, 0.29) is 31.9 Å². The molecule has 0 amide bonds. The van der Waals surface area contributed by atoms with Crippen molar-refractivity contribution >= 4 is 11.7 Å². The fraction of sp³-hybridized carbons (Fsp3) is 0.476. The molecule has 0 saturated carbocycles. The Bertz CT molecular complexity index is 992. The molecule has 1 atom stereocenters. The second-order valence-electron chi connectivity index (χ2n) is 7.42. The van der Waals surface area contributed by atoms with E-state index >= 15 is 0 Å². The summed E-state index contributed by atoms with van der Waals surface area (Å²) in [7, 11) is 1.50. The number of alkyl halides is 3. The first kappa shape index (κ1) is 23.6. The zero-order chi connectivity index (χ0) is 23.3. The normalized spacial score (nSPS) is 16.4. The van der Waals surface area contributed by atoms with E-state index in [1.165, 1.54) is 12.0 Å². The first-order valence-electron chi connectivity index (χ1n) is 10.1. The quantitative estimate of drug-likeness (QED) is 0.581. The number of halogens is 3. The third-order valence-electron chi connectivity index (χ3n) is 5.26. The molecule has 0 spiro atoms. The predicted molar refractivity (Wildman–Crippen MR) is 109 cm³/mol. The van der Waals surface area contributed by atoms with Gasteiger partial charge in [0.25, 0.3) is 5.56 Å². The van der Waals surface area contributed by atoms with Crippen LogP contribution in [0.2, 0.25) is 0 Å². The van der Waals surface area contributed by atoms with Crippen LogP contribution < -0.4 is 15.2 Å². The molecule has 3 rings (SSSR count). The SMILES string of the molecule is COc1ccc(Cn2ncc(N3CCCC3COCCC(=O)O)c(C(F)(F)F)c2=O)cc1. The number of aromatic nitrogens is 2. The number of hydrogen-bond acceptors (Lipinski definition) is 6. The van der Waals surface area contributed by atoms with Gasteiger partial charge in [-0.3, -0.25) is 9.59 Å². The fourth-order valence-corrected chi connectivity index (χ4v) is 3.69. The van der Waals surface area contributed by atoms with E-state index in [4.69, 9.17) is 14.6 Å². The molecule has 1 aliphatic heterocycles. The number of carbonyl (C=O) groups is 1. The van der Waals surface area contributed by atoms with Crippen LogP contribution in [0.1, 0.15) is 30.4 Å². The number of aliphatic carboxylic acids is 1. The number of nitrogens with zero attached hydrogens (tertiary/aromatic N) is 3. The van der Waals surface area contributed by atoms with Crippen LogP contribution in [-0.4, -0.2) is 53.8 Å². The molecular weight excluding hydrogens is 431 g/mol. The van der Waals surface area contributed by atoms with E-state index < -0.39 is 29.3 Å². The van der Waals surface area contributed by atoms with Gasteiger partial charge in [0.15, 0.2) is 0 Å². The Hall–Kier alpha value is -3.08. The molecule has 2 aromatic rings. The lowest BCUT2D eigenvalue weighted by molar-refractivity contribution is -0.139. The van der Waals surface area contributed by atoms with Gasteiger partial charge in [0.05, 0.1) is 51.2 Å². The zero-order valence-electron chi connectivity index (χ0n) is 17.5. The zero-order valence-corrected chi connectivity index (χ0v) is 17.5. The first-order valence-corrected chi connectivity index (χ1v) is 10.1. The van der Waals surface area contributed by atoms with E-state index in [1.807, 2.05) is 0 Å². The van der Waals surface area contributed by atoms with Crippen molar-refractivity contribution in [2.24, 2.45) is 0 Å². The number of rotatable bonds is 9. The number of anilines is 1. The molecule has 1 saturated heterocycles. The Morgan fingerprint density at radius 3 is 2.62 bits per heavy atom. The van der Waals surface area contributed by atoms with Crippen LogP contribution >= 0.6 is 0 Å². The number of ether oxygens (including phenoxy) is 2. The van der Waals surface area contributed by atoms with Gasteiger partial charge in [0.2, 0.25) is 0 Å². The lowest BCUT2D eigenvalue weighted by Crippen LogP contribution is -2.39. The van der Waals surface area contributed by atoms with Crippen molar-refractivity contribution in [3.05, 3.63) is 51.9 Å². The number of hydrogen-bond donors (Lipinski definition) is 1. The summed E-state index contributed by atoms with van der Waals surface area (Å²) in [6.07, 6.45) is -2.79. The number of carboxylic acid groups (broad SMARTS) is 1. The van der Waals surface area contributed by atoms with Crippen LogP contribution in [0.25, 0.3) is 0 Å². The topological polar surface area (TPSA) is 93.9 Å². The highest BCUT2D eigenvalue weighted by Crippen LogP contribution is 2.36.